The zero-order valence-corrected chi connectivity index (χ0v) is 16.2. The van der Waals surface area contributed by atoms with Gasteiger partial charge in [-0.15, -0.1) is 0 Å². The average molecular weight is 414 g/mol. The lowest BCUT2D eigenvalue weighted by Crippen LogP contribution is -2.32. The van der Waals surface area contributed by atoms with E-state index in [1.165, 1.54) is 30.3 Å². The lowest BCUT2D eigenvalue weighted by atomic mass is 10.1. The first-order valence-electron chi connectivity index (χ1n) is 8.64. The molecule has 0 radical (unpaired) electrons. The molecule has 0 bridgehead atoms. The van der Waals surface area contributed by atoms with Crippen molar-refractivity contribution in [2.75, 3.05) is 4.72 Å². The van der Waals surface area contributed by atoms with Gasteiger partial charge in [-0.1, -0.05) is 19.4 Å². The fourth-order valence-corrected chi connectivity index (χ4v) is 3.62. The molecule has 1 atom stereocenters. The van der Waals surface area contributed by atoms with Gasteiger partial charge in [0.05, 0.1) is 10.5 Å². The largest absolute Gasteiger partial charge is 0.416 e. The summed E-state index contributed by atoms with van der Waals surface area (Å²) in [6, 6.07) is 9.08. The van der Waals surface area contributed by atoms with Crippen LogP contribution < -0.4 is 10.0 Å². The van der Waals surface area contributed by atoms with E-state index >= 15 is 0 Å². The molecule has 0 saturated heterocycles. The van der Waals surface area contributed by atoms with Crippen molar-refractivity contribution < 1.29 is 26.4 Å². The number of rotatable bonds is 7. The first-order valence-corrected chi connectivity index (χ1v) is 10.1. The van der Waals surface area contributed by atoms with Gasteiger partial charge in [0.15, 0.2) is 0 Å². The van der Waals surface area contributed by atoms with Gasteiger partial charge >= 0.3 is 6.18 Å². The third-order valence-corrected chi connectivity index (χ3v) is 5.37. The molecule has 1 unspecified atom stereocenters. The van der Waals surface area contributed by atoms with Gasteiger partial charge < -0.3 is 5.32 Å². The van der Waals surface area contributed by atoms with Gasteiger partial charge in [0.25, 0.3) is 15.9 Å². The fourth-order valence-electron chi connectivity index (χ4n) is 2.57. The van der Waals surface area contributed by atoms with Crippen LogP contribution in [0.15, 0.2) is 53.4 Å². The van der Waals surface area contributed by atoms with Gasteiger partial charge in [-0.05, 0) is 55.8 Å². The highest BCUT2D eigenvalue weighted by Gasteiger charge is 2.30. The van der Waals surface area contributed by atoms with Gasteiger partial charge in [-0.2, -0.15) is 13.2 Å². The summed E-state index contributed by atoms with van der Waals surface area (Å²) < 4.78 is 65.2. The molecule has 0 aromatic heterocycles. The standard InChI is InChI=1S/C19H21F3N2O3S/c1-3-5-13(2)23-18(25)14-8-10-17(11-9-14)28(26,27)24-16-7-4-6-15(12-16)19(20,21)22/h4,6-13,24H,3,5H2,1-2H3,(H,23,25). The van der Waals surface area contributed by atoms with Crippen molar-refractivity contribution in [1.82, 2.24) is 5.32 Å². The Morgan fingerprint density at radius 3 is 2.32 bits per heavy atom. The van der Waals surface area contributed by atoms with Crippen molar-refractivity contribution in [2.45, 2.75) is 43.8 Å². The Morgan fingerprint density at radius 2 is 1.75 bits per heavy atom. The van der Waals surface area contributed by atoms with E-state index in [2.05, 4.69) is 10.0 Å². The maximum Gasteiger partial charge on any atom is 0.416 e. The average Bonchev–Trinajstić information content (AvgIpc) is 2.61. The molecular weight excluding hydrogens is 393 g/mol. The Morgan fingerprint density at radius 1 is 1.11 bits per heavy atom. The Balaban J connectivity index is 2.15. The monoisotopic (exact) mass is 414 g/mol. The van der Waals surface area contributed by atoms with Gasteiger partial charge in [0, 0.05) is 17.3 Å². The third-order valence-electron chi connectivity index (χ3n) is 3.97. The molecular formula is C19H21F3N2O3S. The Bertz CT molecular complexity index is 926. The third kappa shape index (κ3) is 5.72. The van der Waals surface area contributed by atoms with E-state index < -0.39 is 21.8 Å². The van der Waals surface area contributed by atoms with Crippen molar-refractivity contribution >= 4 is 21.6 Å². The molecule has 0 aliphatic carbocycles. The molecule has 152 valence electrons. The van der Waals surface area contributed by atoms with Crippen molar-refractivity contribution in [3.63, 3.8) is 0 Å². The molecule has 0 saturated carbocycles. The highest BCUT2D eigenvalue weighted by molar-refractivity contribution is 7.92. The minimum Gasteiger partial charge on any atom is -0.350 e. The minimum atomic E-state index is -4.58. The highest BCUT2D eigenvalue weighted by atomic mass is 32.2. The summed E-state index contributed by atoms with van der Waals surface area (Å²) in [6.45, 7) is 3.87. The predicted molar refractivity (Wildman–Crippen MR) is 101 cm³/mol. The molecule has 2 N–H and O–H groups in total. The molecule has 2 aromatic carbocycles. The van der Waals surface area contributed by atoms with E-state index in [0.717, 1.165) is 25.0 Å². The molecule has 0 spiro atoms. The van der Waals surface area contributed by atoms with Crippen molar-refractivity contribution in [1.29, 1.82) is 0 Å². The van der Waals surface area contributed by atoms with Crippen LogP contribution in [0, 0.1) is 0 Å². The maximum absolute atomic E-state index is 12.8. The van der Waals surface area contributed by atoms with Crippen LogP contribution in [0.1, 0.15) is 42.6 Å². The number of nitrogens with one attached hydrogen (secondary N) is 2. The molecule has 0 fully saturated rings. The molecule has 0 aliphatic heterocycles. The number of carbonyl (C=O) groups is 1. The van der Waals surface area contributed by atoms with E-state index in [1.807, 2.05) is 13.8 Å². The molecule has 9 heteroatoms. The lowest BCUT2D eigenvalue weighted by Gasteiger charge is -2.13. The summed E-state index contributed by atoms with van der Waals surface area (Å²) in [5.74, 6) is -0.323. The summed E-state index contributed by atoms with van der Waals surface area (Å²) in [5.41, 5.74) is -0.869. The summed E-state index contributed by atoms with van der Waals surface area (Å²) in [5, 5.41) is 2.80. The van der Waals surface area contributed by atoms with E-state index in [0.29, 0.717) is 11.6 Å². The fraction of sp³-hybridized carbons (Fsp3) is 0.316. The molecule has 5 nitrogen and oxygen atoms in total. The number of hydrogen-bond acceptors (Lipinski definition) is 3. The van der Waals surface area contributed by atoms with E-state index in [1.54, 1.807) is 0 Å². The number of benzene rings is 2. The van der Waals surface area contributed by atoms with Crippen LogP contribution in [0.5, 0.6) is 0 Å². The second-order valence-electron chi connectivity index (χ2n) is 6.37. The first kappa shape index (κ1) is 21.7. The summed E-state index contributed by atoms with van der Waals surface area (Å²) in [6.07, 6.45) is -2.84. The van der Waals surface area contributed by atoms with Crippen LogP contribution in [0.4, 0.5) is 18.9 Å². The maximum atomic E-state index is 12.8. The smallest absolute Gasteiger partial charge is 0.350 e. The zero-order chi connectivity index (χ0) is 20.9. The normalized spacial score (nSPS) is 13.0. The van der Waals surface area contributed by atoms with Crippen LogP contribution >= 0.6 is 0 Å². The van der Waals surface area contributed by atoms with Crippen molar-refractivity contribution in [3.8, 4) is 0 Å². The van der Waals surface area contributed by atoms with E-state index in [4.69, 9.17) is 0 Å². The van der Waals surface area contributed by atoms with Gasteiger partial charge in [-0.25, -0.2) is 8.42 Å². The summed E-state index contributed by atoms with van der Waals surface area (Å²) in [4.78, 5) is 12.0. The van der Waals surface area contributed by atoms with Gasteiger partial charge in [-0.3, -0.25) is 9.52 Å². The molecule has 0 aliphatic rings. The summed E-state index contributed by atoms with van der Waals surface area (Å²) in [7, 11) is -4.10. The molecule has 1 amide bonds. The van der Waals surface area contributed by atoms with Crippen LogP contribution in [-0.2, 0) is 16.2 Å². The zero-order valence-electron chi connectivity index (χ0n) is 15.4. The van der Waals surface area contributed by atoms with E-state index in [9.17, 15) is 26.4 Å². The van der Waals surface area contributed by atoms with Crippen molar-refractivity contribution in [2.24, 2.45) is 0 Å². The van der Waals surface area contributed by atoms with Gasteiger partial charge in [0.2, 0.25) is 0 Å². The molecule has 2 rings (SSSR count). The molecule has 28 heavy (non-hydrogen) atoms. The van der Waals surface area contributed by atoms with Crippen LogP contribution in [0.25, 0.3) is 0 Å². The SMILES string of the molecule is CCCC(C)NC(=O)c1ccc(S(=O)(=O)Nc2cccc(C(F)(F)F)c2)cc1. The Labute approximate surface area is 162 Å². The molecule has 2 aromatic rings. The van der Waals surface area contributed by atoms with Crippen LogP contribution in [0.2, 0.25) is 0 Å². The van der Waals surface area contributed by atoms with Crippen LogP contribution in [-0.4, -0.2) is 20.4 Å². The molecule has 0 heterocycles. The summed E-state index contributed by atoms with van der Waals surface area (Å²) >= 11 is 0. The van der Waals surface area contributed by atoms with E-state index in [-0.39, 0.29) is 22.5 Å². The predicted octanol–water partition coefficient (Wildman–Crippen LogP) is 4.42. The number of amides is 1. The van der Waals surface area contributed by atoms with Gasteiger partial charge in [0.1, 0.15) is 0 Å². The number of halogens is 3. The lowest BCUT2D eigenvalue weighted by molar-refractivity contribution is -0.137. The number of carbonyl (C=O) groups excluding carboxylic acids is 1. The number of anilines is 1. The van der Waals surface area contributed by atoms with Crippen molar-refractivity contribution in [3.05, 3.63) is 59.7 Å². The second-order valence-corrected chi connectivity index (χ2v) is 8.05. The first-order chi connectivity index (χ1) is 13.0. The number of hydrogen-bond donors (Lipinski definition) is 2. The number of sulfonamides is 1. The van der Waals surface area contributed by atoms with Crippen LogP contribution in [0.3, 0.4) is 0 Å². The number of alkyl halides is 3. The highest BCUT2D eigenvalue weighted by Crippen LogP contribution is 2.31. The minimum absolute atomic E-state index is 0.0107. The quantitative estimate of drug-likeness (QED) is 0.704. The topological polar surface area (TPSA) is 75.3 Å². The second kappa shape index (κ2) is 8.64. The Hall–Kier alpha value is -2.55. The Kier molecular flexibility index (Phi) is 6.71.